The Bertz CT molecular complexity index is 1040. The van der Waals surface area contributed by atoms with E-state index in [0.717, 1.165) is 23.3 Å². The maximum Gasteiger partial charge on any atom is 0.416 e. The summed E-state index contributed by atoms with van der Waals surface area (Å²) >= 11 is 0. The van der Waals surface area contributed by atoms with Crippen LogP contribution in [0.2, 0.25) is 0 Å². The summed E-state index contributed by atoms with van der Waals surface area (Å²) in [5, 5.41) is 6.32. The van der Waals surface area contributed by atoms with Crippen LogP contribution in [0.25, 0.3) is 11.3 Å². The van der Waals surface area contributed by atoms with Crippen molar-refractivity contribution in [2.75, 3.05) is 14.2 Å². The minimum Gasteiger partial charge on any atom is -0.411 e. The van der Waals surface area contributed by atoms with Crippen LogP contribution in [0.1, 0.15) is 40.3 Å². The van der Waals surface area contributed by atoms with E-state index in [1.54, 1.807) is 19.1 Å². The summed E-state index contributed by atoms with van der Waals surface area (Å²) in [5.74, 6) is 5.14. The molecular formula is C22H24F3N3O3. The van der Waals surface area contributed by atoms with Crippen LogP contribution in [0.15, 0.2) is 41.6 Å². The number of likely N-dealkylation sites (N-methyl/N-ethyl adjacent to an activating group) is 1. The molecule has 0 atom stereocenters. The molecule has 3 N–H and O–H groups in total. The average molecular weight is 435 g/mol. The highest BCUT2D eigenvalue weighted by molar-refractivity contribution is 6.46. The average Bonchev–Trinajstić information content (AvgIpc) is 2.73. The van der Waals surface area contributed by atoms with Crippen molar-refractivity contribution in [1.82, 2.24) is 5.32 Å². The van der Waals surface area contributed by atoms with Crippen molar-refractivity contribution in [2.24, 2.45) is 11.1 Å². The van der Waals surface area contributed by atoms with Crippen LogP contribution in [-0.4, -0.2) is 25.8 Å². The van der Waals surface area contributed by atoms with E-state index in [9.17, 15) is 18.0 Å². The summed E-state index contributed by atoms with van der Waals surface area (Å²) in [6.07, 6.45) is -4.50. The predicted molar refractivity (Wildman–Crippen MR) is 113 cm³/mol. The third kappa shape index (κ3) is 5.24. The van der Waals surface area contributed by atoms with E-state index in [0.29, 0.717) is 16.7 Å². The molecule has 6 nitrogen and oxygen atoms in total. The molecule has 0 heterocycles. The molecule has 0 aliphatic rings. The van der Waals surface area contributed by atoms with Crippen LogP contribution in [0.3, 0.4) is 0 Å². The predicted octanol–water partition coefficient (Wildman–Crippen LogP) is 4.20. The molecule has 0 aromatic heterocycles. The van der Waals surface area contributed by atoms with E-state index in [4.69, 9.17) is 15.6 Å². The van der Waals surface area contributed by atoms with E-state index < -0.39 is 17.6 Å². The fourth-order valence-corrected chi connectivity index (χ4v) is 3.04. The number of nitrogens with two attached hydrogens (primary N) is 1. The maximum atomic E-state index is 13.2. The third-order valence-corrected chi connectivity index (χ3v) is 4.84. The molecule has 0 spiro atoms. The van der Waals surface area contributed by atoms with Crippen molar-refractivity contribution in [3.63, 3.8) is 0 Å². The summed E-state index contributed by atoms with van der Waals surface area (Å²) in [6.45, 7) is 5.29. The highest BCUT2D eigenvalue weighted by atomic mass is 19.4. The van der Waals surface area contributed by atoms with Gasteiger partial charge in [-0.2, -0.15) is 19.1 Å². The lowest BCUT2D eigenvalue weighted by atomic mass is 9.92. The Labute approximate surface area is 178 Å². The Hall–Kier alpha value is -3.33. The summed E-state index contributed by atoms with van der Waals surface area (Å²) in [6, 6.07) is 8.27. The molecule has 0 bridgehead atoms. The summed E-state index contributed by atoms with van der Waals surface area (Å²) in [5.41, 5.74) is 2.26. The van der Waals surface area contributed by atoms with Gasteiger partial charge in [0.1, 0.15) is 7.11 Å². The topological polar surface area (TPSA) is 85.9 Å². The van der Waals surface area contributed by atoms with Crippen molar-refractivity contribution in [3.8, 4) is 0 Å². The zero-order valence-electron chi connectivity index (χ0n) is 17.8. The molecule has 2 aromatic carbocycles. The van der Waals surface area contributed by atoms with E-state index >= 15 is 0 Å². The van der Waals surface area contributed by atoms with Crippen LogP contribution < -0.4 is 11.2 Å². The molecule has 2 aromatic rings. The van der Waals surface area contributed by atoms with Gasteiger partial charge in [0.25, 0.3) is 5.91 Å². The number of rotatable bonds is 6. The lowest BCUT2D eigenvalue weighted by Gasteiger charge is -2.18. The van der Waals surface area contributed by atoms with Gasteiger partial charge in [-0.3, -0.25) is 4.79 Å². The van der Waals surface area contributed by atoms with Gasteiger partial charge in [0.15, 0.2) is 11.5 Å². The summed E-state index contributed by atoms with van der Waals surface area (Å²) in [7, 11) is 2.74. The van der Waals surface area contributed by atoms with E-state index in [1.807, 2.05) is 13.8 Å². The zero-order valence-corrected chi connectivity index (χ0v) is 17.8. The van der Waals surface area contributed by atoms with Gasteiger partial charge in [0, 0.05) is 23.7 Å². The molecule has 9 heteroatoms. The fourth-order valence-electron chi connectivity index (χ4n) is 3.04. The van der Waals surface area contributed by atoms with Gasteiger partial charge < -0.3 is 15.0 Å². The van der Waals surface area contributed by atoms with Crippen LogP contribution in [-0.2, 0) is 20.6 Å². The number of hydrogen-bond donors (Lipinski definition) is 2. The Balaban J connectivity index is 2.82. The fraction of sp³-hybridized carbons (Fsp3) is 0.273. The SMILES string of the molecule is CNC(=O)C(=NOC)c1cc(C)c(C)cc1C(ON)=C(C)c1cccc(C(F)(F)F)c1. The molecule has 31 heavy (non-hydrogen) atoms. The second kappa shape index (κ2) is 9.65. The zero-order chi connectivity index (χ0) is 23.3. The van der Waals surface area contributed by atoms with Crippen molar-refractivity contribution in [2.45, 2.75) is 26.9 Å². The van der Waals surface area contributed by atoms with E-state index in [-0.39, 0.29) is 17.0 Å². The molecule has 1 amide bonds. The number of nitrogens with zero attached hydrogens (tertiary/aromatic N) is 1. The molecule has 166 valence electrons. The van der Waals surface area contributed by atoms with Crippen LogP contribution in [0.4, 0.5) is 13.2 Å². The lowest BCUT2D eigenvalue weighted by molar-refractivity contribution is -0.137. The highest BCUT2D eigenvalue weighted by Crippen LogP contribution is 2.34. The Kier molecular flexibility index (Phi) is 7.46. The number of nitrogens with one attached hydrogen (secondary N) is 1. The van der Waals surface area contributed by atoms with Gasteiger partial charge in [-0.25, -0.2) is 0 Å². The first-order valence-electron chi connectivity index (χ1n) is 9.25. The Morgan fingerprint density at radius 3 is 2.23 bits per heavy atom. The first kappa shape index (κ1) is 23.9. The van der Waals surface area contributed by atoms with Gasteiger partial charge in [0.05, 0.1) is 5.56 Å². The van der Waals surface area contributed by atoms with Crippen molar-refractivity contribution >= 4 is 23.0 Å². The number of carbonyl (C=O) groups is 1. The second-order valence-electron chi connectivity index (χ2n) is 6.83. The summed E-state index contributed by atoms with van der Waals surface area (Å²) in [4.78, 5) is 22.4. The lowest BCUT2D eigenvalue weighted by Crippen LogP contribution is -2.29. The smallest absolute Gasteiger partial charge is 0.411 e. The Morgan fingerprint density at radius 2 is 1.71 bits per heavy atom. The van der Waals surface area contributed by atoms with E-state index in [1.165, 1.54) is 26.3 Å². The number of hydrogen-bond acceptors (Lipinski definition) is 5. The standard InChI is InChI=1S/C22H24F3N3O3/c1-12-9-17(19(28-30-5)21(29)27-4)18(10-13(12)2)20(31-26)14(3)15-7-6-8-16(11-15)22(23,24)25/h6-11H,26H2,1-5H3,(H,27,29). The van der Waals surface area contributed by atoms with Crippen molar-refractivity contribution in [3.05, 3.63) is 69.8 Å². The number of halogens is 3. The molecule has 0 saturated carbocycles. The monoisotopic (exact) mass is 435 g/mol. The van der Waals surface area contributed by atoms with Gasteiger partial charge in [0.2, 0.25) is 0 Å². The number of amides is 1. The van der Waals surface area contributed by atoms with E-state index in [2.05, 4.69) is 10.5 Å². The van der Waals surface area contributed by atoms with Gasteiger partial charge in [-0.05, 0) is 61.7 Å². The summed E-state index contributed by atoms with van der Waals surface area (Å²) < 4.78 is 39.5. The largest absolute Gasteiger partial charge is 0.416 e. The molecule has 0 aliphatic heterocycles. The van der Waals surface area contributed by atoms with Crippen molar-refractivity contribution in [1.29, 1.82) is 0 Å². The number of alkyl halides is 3. The maximum absolute atomic E-state index is 13.2. The number of allylic oxidation sites excluding steroid dienone is 1. The Morgan fingerprint density at radius 1 is 1.10 bits per heavy atom. The molecule has 0 saturated heterocycles. The first-order valence-corrected chi connectivity index (χ1v) is 9.25. The quantitative estimate of drug-likeness (QED) is 0.308. The molecule has 0 radical (unpaired) electrons. The second-order valence-corrected chi connectivity index (χ2v) is 6.83. The number of carbonyl (C=O) groups excluding carboxylic acids is 1. The minimum atomic E-state index is -4.50. The van der Waals surface area contributed by atoms with Gasteiger partial charge in [-0.15, -0.1) is 0 Å². The van der Waals surface area contributed by atoms with Crippen LogP contribution >= 0.6 is 0 Å². The number of aryl methyl sites for hydroxylation is 2. The van der Waals surface area contributed by atoms with Crippen LogP contribution in [0, 0.1) is 13.8 Å². The molecule has 0 unspecified atom stereocenters. The highest BCUT2D eigenvalue weighted by Gasteiger charge is 2.31. The minimum absolute atomic E-state index is 0.0329. The number of benzene rings is 2. The van der Waals surface area contributed by atoms with Crippen molar-refractivity contribution < 1.29 is 27.6 Å². The first-order chi connectivity index (χ1) is 14.5. The molecule has 0 fully saturated rings. The normalized spacial score (nSPS) is 12.9. The molecule has 2 rings (SSSR count). The molecule has 0 aliphatic carbocycles. The van der Waals surface area contributed by atoms with Gasteiger partial charge in [-0.1, -0.05) is 17.3 Å². The number of oxime groups is 1. The van der Waals surface area contributed by atoms with Crippen LogP contribution in [0.5, 0.6) is 0 Å². The molecular weight excluding hydrogens is 411 g/mol. The third-order valence-electron chi connectivity index (χ3n) is 4.84. The van der Waals surface area contributed by atoms with Gasteiger partial charge >= 0.3 is 6.18 Å².